The lowest BCUT2D eigenvalue weighted by molar-refractivity contribution is -0.115. The maximum absolute atomic E-state index is 12.0. The quantitative estimate of drug-likeness (QED) is 0.751. The normalized spacial score (nSPS) is 10.4. The van der Waals surface area contributed by atoms with E-state index in [9.17, 15) is 4.79 Å². The average Bonchev–Trinajstić information content (AvgIpc) is 2.46. The second kappa shape index (κ2) is 7.65. The molecule has 0 atom stereocenters. The standard InChI is InChI=1S/C17H18BrClN2O/c1-11-3-4-13(19)10-16(11)20-8-7-17(22)21-14-5-6-15(18)12(2)9-14/h3-6,9-10,20H,7-8H2,1-2H3,(H,21,22). The van der Waals surface area contributed by atoms with Gasteiger partial charge in [-0.15, -0.1) is 0 Å². The van der Waals surface area contributed by atoms with Crippen LogP contribution in [0.3, 0.4) is 0 Å². The second-order valence-electron chi connectivity index (χ2n) is 5.15. The molecular formula is C17H18BrClN2O. The molecule has 22 heavy (non-hydrogen) atoms. The predicted octanol–water partition coefficient (Wildman–Crippen LogP) is 5.16. The minimum Gasteiger partial charge on any atom is -0.384 e. The predicted molar refractivity (Wildman–Crippen MR) is 96.8 cm³/mol. The summed E-state index contributed by atoms with van der Waals surface area (Å²) in [7, 11) is 0. The Morgan fingerprint density at radius 3 is 2.64 bits per heavy atom. The zero-order chi connectivity index (χ0) is 16.1. The summed E-state index contributed by atoms with van der Waals surface area (Å²) in [5.41, 5.74) is 3.96. The number of hydrogen-bond acceptors (Lipinski definition) is 2. The van der Waals surface area contributed by atoms with E-state index in [0.29, 0.717) is 18.0 Å². The Bertz CT molecular complexity index is 688. The third-order valence-corrected chi connectivity index (χ3v) is 4.43. The van der Waals surface area contributed by atoms with Crippen LogP contribution in [0.5, 0.6) is 0 Å². The highest BCUT2D eigenvalue weighted by atomic mass is 79.9. The van der Waals surface area contributed by atoms with Crippen LogP contribution in [0.25, 0.3) is 0 Å². The fourth-order valence-corrected chi connectivity index (χ4v) is 2.46. The summed E-state index contributed by atoms with van der Waals surface area (Å²) in [4.78, 5) is 12.0. The Morgan fingerprint density at radius 2 is 1.91 bits per heavy atom. The van der Waals surface area contributed by atoms with Crippen molar-refractivity contribution in [3.05, 3.63) is 57.0 Å². The lowest BCUT2D eigenvalue weighted by Gasteiger charge is -2.10. The van der Waals surface area contributed by atoms with Gasteiger partial charge in [-0.2, -0.15) is 0 Å². The van der Waals surface area contributed by atoms with Gasteiger partial charge in [-0.25, -0.2) is 0 Å². The van der Waals surface area contributed by atoms with E-state index in [-0.39, 0.29) is 5.91 Å². The highest BCUT2D eigenvalue weighted by Gasteiger charge is 2.05. The maximum atomic E-state index is 12.0. The number of benzene rings is 2. The van der Waals surface area contributed by atoms with Crippen LogP contribution in [0.2, 0.25) is 5.02 Å². The first-order valence-electron chi connectivity index (χ1n) is 7.02. The van der Waals surface area contributed by atoms with Crippen molar-refractivity contribution in [1.29, 1.82) is 0 Å². The highest BCUT2D eigenvalue weighted by Crippen LogP contribution is 2.21. The molecule has 0 aliphatic carbocycles. The van der Waals surface area contributed by atoms with Gasteiger partial charge in [0.2, 0.25) is 5.91 Å². The van der Waals surface area contributed by atoms with Crippen molar-refractivity contribution in [2.45, 2.75) is 20.3 Å². The molecule has 0 spiro atoms. The van der Waals surface area contributed by atoms with Gasteiger partial charge in [0.15, 0.2) is 0 Å². The van der Waals surface area contributed by atoms with Gasteiger partial charge in [0.1, 0.15) is 0 Å². The summed E-state index contributed by atoms with van der Waals surface area (Å²) in [6.07, 6.45) is 0.390. The Morgan fingerprint density at radius 1 is 1.14 bits per heavy atom. The van der Waals surface area contributed by atoms with Crippen molar-refractivity contribution in [1.82, 2.24) is 0 Å². The van der Waals surface area contributed by atoms with Gasteiger partial charge in [-0.1, -0.05) is 33.6 Å². The third-order valence-electron chi connectivity index (χ3n) is 3.31. The van der Waals surface area contributed by atoms with E-state index in [4.69, 9.17) is 11.6 Å². The summed E-state index contributed by atoms with van der Waals surface area (Å²) in [6, 6.07) is 11.4. The molecule has 0 aromatic heterocycles. The van der Waals surface area contributed by atoms with E-state index in [0.717, 1.165) is 27.0 Å². The molecule has 0 bridgehead atoms. The van der Waals surface area contributed by atoms with Crippen LogP contribution in [0.1, 0.15) is 17.5 Å². The van der Waals surface area contributed by atoms with Crippen LogP contribution in [0.15, 0.2) is 40.9 Å². The highest BCUT2D eigenvalue weighted by molar-refractivity contribution is 9.10. The fraction of sp³-hybridized carbons (Fsp3) is 0.235. The topological polar surface area (TPSA) is 41.1 Å². The molecule has 2 rings (SSSR count). The van der Waals surface area contributed by atoms with Crippen molar-refractivity contribution in [3.8, 4) is 0 Å². The van der Waals surface area contributed by atoms with Gasteiger partial charge >= 0.3 is 0 Å². The molecule has 0 radical (unpaired) electrons. The van der Waals surface area contributed by atoms with Crippen LogP contribution >= 0.6 is 27.5 Å². The summed E-state index contributed by atoms with van der Waals surface area (Å²) >= 11 is 9.41. The number of halogens is 2. The Hall–Kier alpha value is -1.52. The number of carbonyl (C=O) groups is 1. The first-order chi connectivity index (χ1) is 10.5. The number of rotatable bonds is 5. The second-order valence-corrected chi connectivity index (χ2v) is 6.44. The lowest BCUT2D eigenvalue weighted by Crippen LogP contribution is -2.16. The molecule has 5 heteroatoms. The molecule has 0 unspecified atom stereocenters. The molecule has 0 heterocycles. The fourth-order valence-electron chi connectivity index (χ4n) is 2.04. The first kappa shape index (κ1) is 16.8. The van der Waals surface area contributed by atoms with Crippen molar-refractivity contribution < 1.29 is 4.79 Å². The van der Waals surface area contributed by atoms with E-state index in [1.165, 1.54) is 0 Å². The van der Waals surface area contributed by atoms with Crippen molar-refractivity contribution in [2.75, 3.05) is 17.2 Å². The van der Waals surface area contributed by atoms with Gasteiger partial charge in [-0.05, 0) is 55.3 Å². The zero-order valence-electron chi connectivity index (χ0n) is 12.5. The van der Waals surface area contributed by atoms with E-state index < -0.39 is 0 Å². The lowest BCUT2D eigenvalue weighted by atomic mass is 10.2. The van der Waals surface area contributed by atoms with Crippen LogP contribution in [-0.4, -0.2) is 12.5 Å². The Kier molecular flexibility index (Phi) is 5.86. The number of carbonyl (C=O) groups excluding carboxylic acids is 1. The summed E-state index contributed by atoms with van der Waals surface area (Å²) in [5, 5.41) is 6.82. The van der Waals surface area contributed by atoms with E-state index in [1.54, 1.807) is 0 Å². The Balaban J connectivity index is 1.85. The van der Waals surface area contributed by atoms with Crippen LogP contribution in [0.4, 0.5) is 11.4 Å². The molecule has 1 amide bonds. The van der Waals surface area contributed by atoms with Gasteiger partial charge in [0.05, 0.1) is 0 Å². The minimum absolute atomic E-state index is 0.0195. The van der Waals surface area contributed by atoms with Gasteiger partial charge in [0, 0.05) is 33.8 Å². The monoisotopic (exact) mass is 380 g/mol. The number of nitrogens with one attached hydrogen (secondary N) is 2. The maximum Gasteiger partial charge on any atom is 0.226 e. The summed E-state index contributed by atoms with van der Waals surface area (Å²) in [6.45, 7) is 4.55. The Labute approximate surface area is 144 Å². The third kappa shape index (κ3) is 4.75. The number of amides is 1. The molecule has 2 aromatic carbocycles. The molecule has 0 saturated heterocycles. The average molecular weight is 382 g/mol. The minimum atomic E-state index is -0.0195. The molecule has 2 aromatic rings. The largest absolute Gasteiger partial charge is 0.384 e. The molecule has 2 N–H and O–H groups in total. The molecule has 0 aliphatic heterocycles. The van der Waals surface area contributed by atoms with E-state index in [1.807, 2.05) is 50.2 Å². The van der Waals surface area contributed by atoms with Crippen LogP contribution < -0.4 is 10.6 Å². The molecule has 3 nitrogen and oxygen atoms in total. The smallest absolute Gasteiger partial charge is 0.226 e. The number of hydrogen-bond donors (Lipinski definition) is 2. The molecule has 0 saturated carbocycles. The summed E-state index contributed by atoms with van der Waals surface area (Å²) in [5.74, 6) is -0.0195. The molecule has 0 fully saturated rings. The van der Waals surface area contributed by atoms with Gasteiger partial charge in [0.25, 0.3) is 0 Å². The van der Waals surface area contributed by atoms with E-state index >= 15 is 0 Å². The summed E-state index contributed by atoms with van der Waals surface area (Å²) < 4.78 is 1.03. The number of aryl methyl sites for hydroxylation is 2. The number of anilines is 2. The van der Waals surface area contributed by atoms with Crippen LogP contribution in [0, 0.1) is 13.8 Å². The van der Waals surface area contributed by atoms with Crippen molar-refractivity contribution in [3.63, 3.8) is 0 Å². The molecular weight excluding hydrogens is 364 g/mol. The van der Waals surface area contributed by atoms with E-state index in [2.05, 4.69) is 26.6 Å². The van der Waals surface area contributed by atoms with Crippen molar-refractivity contribution >= 4 is 44.8 Å². The molecule has 0 aliphatic rings. The van der Waals surface area contributed by atoms with Gasteiger partial charge < -0.3 is 10.6 Å². The van der Waals surface area contributed by atoms with Crippen molar-refractivity contribution in [2.24, 2.45) is 0 Å². The molecule has 116 valence electrons. The van der Waals surface area contributed by atoms with Gasteiger partial charge in [-0.3, -0.25) is 4.79 Å². The first-order valence-corrected chi connectivity index (χ1v) is 8.19. The SMILES string of the molecule is Cc1cc(NC(=O)CCNc2cc(Cl)ccc2C)ccc1Br. The zero-order valence-corrected chi connectivity index (χ0v) is 14.9. The van der Waals surface area contributed by atoms with Crippen LogP contribution in [-0.2, 0) is 4.79 Å².